The Morgan fingerprint density at radius 3 is 2.48 bits per heavy atom. The molecule has 0 bridgehead atoms. The molecule has 0 unspecified atom stereocenters. The third-order valence-electron chi connectivity index (χ3n) is 4.60. The number of aromatic nitrogens is 1. The highest BCUT2D eigenvalue weighted by Crippen LogP contribution is 2.22. The Hall–Kier alpha value is -2.66. The largest absolute Gasteiger partial charge is 0.334 e. The molecule has 140 valence electrons. The second-order valence-corrected chi connectivity index (χ2v) is 7.49. The Kier molecular flexibility index (Phi) is 5.91. The molecule has 3 aromatic rings. The van der Waals surface area contributed by atoms with Crippen molar-refractivity contribution in [1.82, 2.24) is 9.88 Å². The SMILES string of the molecule is CSc1cccc(NC(=O)NCc2cc(C)n(-c3ccc(C)cc3)c2C)c1. The Balaban J connectivity index is 1.68. The van der Waals surface area contributed by atoms with E-state index < -0.39 is 0 Å². The molecule has 0 aliphatic rings. The van der Waals surface area contributed by atoms with Crippen LogP contribution in [0.25, 0.3) is 5.69 Å². The van der Waals surface area contributed by atoms with Crippen molar-refractivity contribution in [1.29, 1.82) is 0 Å². The average molecular weight is 380 g/mol. The second-order valence-electron chi connectivity index (χ2n) is 6.61. The lowest BCUT2D eigenvalue weighted by Crippen LogP contribution is -2.28. The van der Waals surface area contributed by atoms with Crippen molar-refractivity contribution in [3.63, 3.8) is 0 Å². The predicted octanol–water partition coefficient (Wildman–Crippen LogP) is 5.45. The molecule has 1 aromatic heterocycles. The van der Waals surface area contributed by atoms with Crippen LogP contribution in [0.15, 0.2) is 59.5 Å². The molecule has 0 aliphatic heterocycles. The van der Waals surface area contributed by atoms with Crippen LogP contribution in [0, 0.1) is 20.8 Å². The molecule has 2 aromatic carbocycles. The zero-order valence-corrected chi connectivity index (χ0v) is 17.0. The van der Waals surface area contributed by atoms with Crippen LogP contribution in [0.4, 0.5) is 10.5 Å². The minimum Gasteiger partial charge on any atom is -0.334 e. The van der Waals surface area contributed by atoms with Crippen LogP contribution in [0.1, 0.15) is 22.5 Å². The summed E-state index contributed by atoms with van der Waals surface area (Å²) in [6.07, 6.45) is 2.02. The molecule has 0 aliphatic carbocycles. The molecular formula is C22H25N3OS. The predicted molar refractivity (Wildman–Crippen MR) is 114 cm³/mol. The second kappa shape index (κ2) is 8.35. The van der Waals surface area contributed by atoms with Crippen LogP contribution < -0.4 is 10.6 Å². The van der Waals surface area contributed by atoms with Crippen molar-refractivity contribution >= 4 is 23.5 Å². The fraction of sp³-hybridized carbons (Fsp3) is 0.227. The van der Waals surface area contributed by atoms with Gasteiger partial charge in [0.05, 0.1) is 0 Å². The Morgan fingerprint density at radius 1 is 1.04 bits per heavy atom. The quantitative estimate of drug-likeness (QED) is 0.579. The number of nitrogens with one attached hydrogen (secondary N) is 2. The van der Waals surface area contributed by atoms with Gasteiger partial charge in [0.15, 0.2) is 0 Å². The molecular weight excluding hydrogens is 354 g/mol. The van der Waals surface area contributed by atoms with Gasteiger partial charge in [-0.05, 0) is 69.0 Å². The molecule has 1 heterocycles. The van der Waals surface area contributed by atoms with E-state index in [2.05, 4.69) is 66.3 Å². The first-order chi connectivity index (χ1) is 13.0. The summed E-state index contributed by atoms with van der Waals surface area (Å²) in [7, 11) is 0. The van der Waals surface area contributed by atoms with Crippen LogP contribution in [0.3, 0.4) is 0 Å². The lowest BCUT2D eigenvalue weighted by atomic mass is 10.2. The zero-order chi connectivity index (χ0) is 19.4. The molecule has 5 heteroatoms. The third-order valence-corrected chi connectivity index (χ3v) is 5.32. The summed E-state index contributed by atoms with van der Waals surface area (Å²) >= 11 is 1.65. The number of hydrogen-bond donors (Lipinski definition) is 2. The van der Waals surface area contributed by atoms with E-state index in [1.807, 2.05) is 30.5 Å². The zero-order valence-electron chi connectivity index (χ0n) is 16.2. The number of aryl methyl sites for hydroxylation is 2. The fourth-order valence-electron chi connectivity index (χ4n) is 3.15. The van der Waals surface area contributed by atoms with Crippen LogP contribution in [0.2, 0.25) is 0 Å². The minimum atomic E-state index is -0.201. The maximum Gasteiger partial charge on any atom is 0.319 e. The number of amides is 2. The van der Waals surface area contributed by atoms with E-state index in [-0.39, 0.29) is 6.03 Å². The summed E-state index contributed by atoms with van der Waals surface area (Å²) in [6, 6.07) is 18.2. The van der Waals surface area contributed by atoms with Crippen molar-refractivity contribution in [2.45, 2.75) is 32.2 Å². The highest BCUT2D eigenvalue weighted by Gasteiger charge is 2.11. The van der Waals surface area contributed by atoms with Crippen LogP contribution >= 0.6 is 11.8 Å². The molecule has 2 amide bonds. The number of carbonyl (C=O) groups excluding carboxylic acids is 1. The smallest absolute Gasteiger partial charge is 0.319 e. The van der Waals surface area contributed by atoms with Gasteiger partial charge in [0.25, 0.3) is 0 Å². The number of carbonyl (C=O) groups is 1. The summed E-state index contributed by atoms with van der Waals surface area (Å²) in [5.41, 5.74) is 6.58. The lowest BCUT2D eigenvalue weighted by Gasteiger charge is -2.11. The monoisotopic (exact) mass is 379 g/mol. The van der Waals surface area contributed by atoms with Gasteiger partial charge in [-0.25, -0.2) is 4.79 Å². The van der Waals surface area contributed by atoms with Crippen molar-refractivity contribution in [2.75, 3.05) is 11.6 Å². The first-order valence-electron chi connectivity index (χ1n) is 8.91. The number of benzene rings is 2. The molecule has 0 spiro atoms. The first-order valence-corrected chi connectivity index (χ1v) is 10.1. The van der Waals surface area contributed by atoms with E-state index in [0.717, 1.165) is 33.2 Å². The molecule has 0 atom stereocenters. The first kappa shape index (κ1) is 19.1. The van der Waals surface area contributed by atoms with E-state index in [9.17, 15) is 4.79 Å². The van der Waals surface area contributed by atoms with Gasteiger partial charge >= 0.3 is 6.03 Å². The van der Waals surface area contributed by atoms with Gasteiger partial charge in [-0.3, -0.25) is 0 Å². The normalized spacial score (nSPS) is 10.7. The van der Waals surface area contributed by atoms with Gasteiger partial charge in [0.2, 0.25) is 0 Å². The van der Waals surface area contributed by atoms with Gasteiger partial charge in [0, 0.05) is 34.2 Å². The molecule has 27 heavy (non-hydrogen) atoms. The summed E-state index contributed by atoms with van der Waals surface area (Å²) in [4.78, 5) is 13.4. The van der Waals surface area contributed by atoms with Crippen molar-refractivity contribution in [2.24, 2.45) is 0 Å². The fourth-order valence-corrected chi connectivity index (χ4v) is 3.61. The number of hydrogen-bond acceptors (Lipinski definition) is 2. The molecule has 0 saturated heterocycles. The van der Waals surface area contributed by atoms with Crippen LogP contribution in [-0.2, 0) is 6.54 Å². The summed E-state index contributed by atoms with van der Waals surface area (Å²) in [5.74, 6) is 0. The van der Waals surface area contributed by atoms with Gasteiger partial charge in [0.1, 0.15) is 0 Å². The van der Waals surface area contributed by atoms with Gasteiger partial charge in [-0.2, -0.15) is 0 Å². The van der Waals surface area contributed by atoms with Crippen molar-refractivity contribution in [3.8, 4) is 5.69 Å². The molecule has 2 N–H and O–H groups in total. The van der Waals surface area contributed by atoms with Crippen molar-refractivity contribution in [3.05, 3.63) is 77.1 Å². The van der Waals surface area contributed by atoms with Gasteiger partial charge < -0.3 is 15.2 Å². The Bertz CT molecular complexity index is 945. The van der Waals surface area contributed by atoms with E-state index in [0.29, 0.717) is 6.54 Å². The standard InChI is InChI=1S/C22H25N3OS/c1-15-8-10-20(11-9-15)25-16(2)12-18(17(25)3)14-23-22(26)24-19-6-5-7-21(13-19)27-4/h5-13H,14H2,1-4H3,(H2,23,24,26). The van der Waals surface area contributed by atoms with Crippen LogP contribution in [0.5, 0.6) is 0 Å². The van der Waals surface area contributed by atoms with E-state index >= 15 is 0 Å². The van der Waals surface area contributed by atoms with E-state index in [1.165, 1.54) is 5.56 Å². The van der Waals surface area contributed by atoms with Gasteiger partial charge in [-0.15, -0.1) is 11.8 Å². The highest BCUT2D eigenvalue weighted by atomic mass is 32.2. The van der Waals surface area contributed by atoms with Crippen molar-refractivity contribution < 1.29 is 4.79 Å². The average Bonchev–Trinajstić information content (AvgIpc) is 2.94. The molecule has 0 radical (unpaired) electrons. The maximum absolute atomic E-state index is 12.3. The topological polar surface area (TPSA) is 46.1 Å². The summed E-state index contributed by atoms with van der Waals surface area (Å²) < 4.78 is 2.22. The third kappa shape index (κ3) is 4.55. The maximum atomic E-state index is 12.3. The van der Waals surface area contributed by atoms with Gasteiger partial charge in [-0.1, -0.05) is 23.8 Å². The summed E-state index contributed by atoms with van der Waals surface area (Å²) in [6.45, 7) is 6.75. The van der Waals surface area contributed by atoms with E-state index in [1.54, 1.807) is 11.8 Å². The molecule has 0 saturated carbocycles. The van der Waals surface area contributed by atoms with Crippen LogP contribution in [-0.4, -0.2) is 16.9 Å². The van der Waals surface area contributed by atoms with E-state index in [4.69, 9.17) is 0 Å². The molecule has 4 nitrogen and oxygen atoms in total. The number of rotatable bonds is 5. The number of urea groups is 1. The Labute approximate surface area is 165 Å². The summed E-state index contributed by atoms with van der Waals surface area (Å²) in [5, 5.41) is 5.85. The lowest BCUT2D eigenvalue weighted by molar-refractivity contribution is 0.251. The number of anilines is 1. The highest BCUT2D eigenvalue weighted by molar-refractivity contribution is 7.98. The Morgan fingerprint density at radius 2 is 1.78 bits per heavy atom. The number of thioether (sulfide) groups is 1. The molecule has 3 rings (SSSR count). The molecule has 0 fully saturated rings. The number of nitrogens with zero attached hydrogens (tertiary/aromatic N) is 1. The minimum absolute atomic E-state index is 0.201.